The van der Waals surface area contributed by atoms with Gasteiger partial charge in [-0.3, -0.25) is 0 Å². The molecule has 2 unspecified atom stereocenters. The van der Waals surface area contributed by atoms with E-state index in [1.54, 1.807) is 6.07 Å². The molecule has 1 aromatic heterocycles. The lowest BCUT2D eigenvalue weighted by Gasteiger charge is -2.17. The molecule has 0 bridgehead atoms. The lowest BCUT2D eigenvalue weighted by Crippen LogP contribution is -2.15. The first-order chi connectivity index (χ1) is 9.16. The molecule has 3 rings (SSSR count). The molecule has 0 saturated heterocycles. The Hall–Kier alpha value is -1.98. The highest BCUT2D eigenvalue weighted by Gasteiger charge is 2.28. The highest BCUT2D eigenvalue weighted by atomic mass is 19.1. The maximum Gasteiger partial charge on any atom is 0.184 e. The Morgan fingerprint density at radius 1 is 1.37 bits per heavy atom. The number of hydrogen-bond acceptors (Lipinski definition) is 4. The van der Waals surface area contributed by atoms with Gasteiger partial charge in [-0.15, -0.1) is 5.10 Å². The van der Waals surface area contributed by atoms with Crippen LogP contribution in [0.5, 0.6) is 0 Å². The molecule has 1 aliphatic rings. The molecule has 1 saturated carbocycles. The molecule has 1 aromatic carbocycles. The second-order valence-corrected chi connectivity index (χ2v) is 5.15. The van der Waals surface area contributed by atoms with Gasteiger partial charge in [-0.05, 0) is 47.4 Å². The van der Waals surface area contributed by atoms with Gasteiger partial charge in [0.25, 0.3) is 0 Å². The molecule has 1 fully saturated rings. The van der Waals surface area contributed by atoms with Gasteiger partial charge < -0.3 is 5.73 Å². The number of anilines is 1. The number of tetrazole rings is 1. The maximum absolute atomic E-state index is 13.1. The molecule has 0 spiro atoms. The summed E-state index contributed by atoms with van der Waals surface area (Å²) in [4.78, 5) is 0. The van der Waals surface area contributed by atoms with Crippen LogP contribution >= 0.6 is 0 Å². The predicted molar refractivity (Wildman–Crippen MR) is 69.7 cm³/mol. The number of benzene rings is 1. The van der Waals surface area contributed by atoms with Crippen LogP contribution in [0.25, 0.3) is 11.4 Å². The molecule has 6 heteroatoms. The fourth-order valence-electron chi connectivity index (χ4n) is 2.82. The van der Waals surface area contributed by atoms with Gasteiger partial charge >= 0.3 is 0 Å². The van der Waals surface area contributed by atoms with E-state index >= 15 is 0 Å². The number of halogens is 1. The fourth-order valence-corrected chi connectivity index (χ4v) is 2.82. The summed E-state index contributed by atoms with van der Waals surface area (Å²) in [5, 5.41) is 11.9. The van der Waals surface area contributed by atoms with Crippen molar-refractivity contribution < 1.29 is 4.39 Å². The Morgan fingerprint density at radius 3 is 2.89 bits per heavy atom. The number of aromatic nitrogens is 4. The number of nitrogen functional groups attached to an aromatic ring is 1. The van der Waals surface area contributed by atoms with Gasteiger partial charge in [-0.2, -0.15) is 0 Å². The summed E-state index contributed by atoms with van der Waals surface area (Å²) >= 11 is 0. The topological polar surface area (TPSA) is 69.6 Å². The van der Waals surface area contributed by atoms with Crippen molar-refractivity contribution in [2.75, 3.05) is 5.73 Å². The molecule has 1 heterocycles. The SMILES string of the molecule is CC1CCCC1n1nnnc1-c1ccc(F)cc1N. The van der Waals surface area contributed by atoms with Crippen molar-refractivity contribution in [3.63, 3.8) is 0 Å². The molecule has 1 aliphatic carbocycles. The average Bonchev–Trinajstić information content (AvgIpc) is 2.97. The zero-order chi connectivity index (χ0) is 13.4. The minimum absolute atomic E-state index is 0.300. The molecule has 0 amide bonds. The number of nitrogens with two attached hydrogens (primary N) is 1. The summed E-state index contributed by atoms with van der Waals surface area (Å²) in [6.45, 7) is 2.21. The summed E-state index contributed by atoms with van der Waals surface area (Å²) in [5.74, 6) is 0.815. The zero-order valence-corrected chi connectivity index (χ0v) is 10.8. The quantitative estimate of drug-likeness (QED) is 0.843. The minimum Gasteiger partial charge on any atom is -0.398 e. The molecule has 0 radical (unpaired) electrons. The van der Waals surface area contributed by atoms with Gasteiger partial charge in [-0.25, -0.2) is 9.07 Å². The molecular weight excluding hydrogens is 245 g/mol. The lowest BCUT2D eigenvalue weighted by atomic mass is 10.1. The van der Waals surface area contributed by atoms with E-state index < -0.39 is 0 Å². The third-order valence-corrected chi connectivity index (χ3v) is 3.88. The summed E-state index contributed by atoms with van der Waals surface area (Å²) < 4.78 is 14.9. The fraction of sp³-hybridized carbons (Fsp3) is 0.462. The number of hydrogen-bond donors (Lipinski definition) is 1. The van der Waals surface area contributed by atoms with Gasteiger partial charge in [0, 0.05) is 11.3 Å². The second kappa shape index (κ2) is 4.60. The highest BCUT2D eigenvalue weighted by molar-refractivity contribution is 5.71. The van der Waals surface area contributed by atoms with E-state index in [0.29, 0.717) is 29.0 Å². The summed E-state index contributed by atoms with van der Waals surface area (Å²) in [6.07, 6.45) is 3.44. The van der Waals surface area contributed by atoms with Gasteiger partial charge in [-0.1, -0.05) is 13.3 Å². The van der Waals surface area contributed by atoms with Crippen LogP contribution in [0.3, 0.4) is 0 Å². The predicted octanol–water partition coefficient (Wildman–Crippen LogP) is 2.42. The van der Waals surface area contributed by atoms with Crippen molar-refractivity contribution >= 4 is 5.69 Å². The van der Waals surface area contributed by atoms with Crippen molar-refractivity contribution in [2.24, 2.45) is 5.92 Å². The first-order valence-corrected chi connectivity index (χ1v) is 6.50. The van der Waals surface area contributed by atoms with Crippen LogP contribution in [0.15, 0.2) is 18.2 Å². The summed E-state index contributed by atoms with van der Waals surface area (Å²) in [6, 6.07) is 4.61. The molecule has 19 heavy (non-hydrogen) atoms. The summed E-state index contributed by atoms with van der Waals surface area (Å²) in [5.41, 5.74) is 6.91. The van der Waals surface area contributed by atoms with Crippen molar-refractivity contribution in [1.29, 1.82) is 0 Å². The van der Waals surface area contributed by atoms with Gasteiger partial charge in [0.15, 0.2) is 5.82 Å². The van der Waals surface area contributed by atoms with Crippen LogP contribution in [0, 0.1) is 11.7 Å². The van der Waals surface area contributed by atoms with Crippen LogP contribution in [0.1, 0.15) is 32.2 Å². The van der Waals surface area contributed by atoms with Crippen LogP contribution in [-0.4, -0.2) is 20.2 Å². The van der Waals surface area contributed by atoms with E-state index in [0.717, 1.165) is 6.42 Å². The highest BCUT2D eigenvalue weighted by Crippen LogP contribution is 2.37. The van der Waals surface area contributed by atoms with E-state index in [4.69, 9.17) is 5.73 Å². The smallest absolute Gasteiger partial charge is 0.184 e. The van der Waals surface area contributed by atoms with E-state index in [2.05, 4.69) is 22.4 Å². The van der Waals surface area contributed by atoms with Crippen molar-refractivity contribution in [2.45, 2.75) is 32.2 Å². The average molecular weight is 261 g/mol. The molecular formula is C13H16FN5. The van der Waals surface area contributed by atoms with Crippen molar-refractivity contribution in [3.8, 4) is 11.4 Å². The van der Waals surface area contributed by atoms with Gasteiger partial charge in [0.05, 0.1) is 6.04 Å². The maximum atomic E-state index is 13.1. The van der Waals surface area contributed by atoms with E-state index in [1.165, 1.54) is 25.0 Å². The first-order valence-electron chi connectivity index (χ1n) is 6.50. The first kappa shape index (κ1) is 12.1. The van der Waals surface area contributed by atoms with E-state index in [-0.39, 0.29) is 5.82 Å². The van der Waals surface area contributed by atoms with E-state index in [1.807, 2.05) is 4.68 Å². The lowest BCUT2D eigenvalue weighted by molar-refractivity contribution is 0.370. The minimum atomic E-state index is -0.352. The Labute approximate surface area is 110 Å². The van der Waals surface area contributed by atoms with Crippen LogP contribution in [-0.2, 0) is 0 Å². The molecule has 2 aromatic rings. The largest absolute Gasteiger partial charge is 0.398 e. The second-order valence-electron chi connectivity index (χ2n) is 5.15. The Kier molecular flexibility index (Phi) is 2.93. The zero-order valence-electron chi connectivity index (χ0n) is 10.8. The third kappa shape index (κ3) is 2.07. The molecule has 100 valence electrons. The van der Waals surface area contributed by atoms with Gasteiger partial charge in [0.1, 0.15) is 5.82 Å². The van der Waals surface area contributed by atoms with Gasteiger partial charge in [0.2, 0.25) is 0 Å². The Bertz CT molecular complexity index is 594. The van der Waals surface area contributed by atoms with Crippen molar-refractivity contribution in [1.82, 2.24) is 20.2 Å². The van der Waals surface area contributed by atoms with Crippen LogP contribution < -0.4 is 5.73 Å². The normalized spacial score (nSPS) is 22.8. The summed E-state index contributed by atoms with van der Waals surface area (Å²) in [7, 11) is 0. The molecule has 2 N–H and O–H groups in total. The number of rotatable bonds is 2. The Balaban J connectivity index is 2.04. The molecule has 5 nitrogen and oxygen atoms in total. The van der Waals surface area contributed by atoms with Crippen LogP contribution in [0.4, 0.5) is 10.1 Å². The monoisotopic (exact) mass is 261 g/mol. The van der Waals surface area contributed by atoms with Crippen molar-refractivity contribution in [3.05, 3.63) is 24.0 Å². The molecule has 2 atom stereocenters. The Morgan fingerprint density at radius 2 is 2.21 bits per heavy atom. The van der Waals surface area contributed by atoms with E-state index in [9.17, 15) is 4.39 Å². The standard InChI is InChI=1S/C13H16FN5/c1-8-3-2-4-12(8)19-13(16-17-18-19)10-6-5-9(14)7-11(10)15/h5-8,12H,2-4,15H2,1H3. The molecule has 0 aliphatic heterocycles. The van der Waals surface area contributed by atoms with Crippen LogP contribution in [0.2, 0.25) is 0 Å². The third-order valence-electron chi connectivity index (χ3n) is 3.88. The number of nitrogens with zero attached hydrogens (tertiary/aromatic N) is 4.